The average molecular weight is 333 g/mol. The van der Waals surface area contributed by atoms with E-state index in [4.69, 9.17) is 4.74 Å². The van der Waals surface area contributed by atoms with Gasteiger partial charge in [0.25, 0.3) is 0 Å². The van der Waals surface area contributed by atoms with Crippen LogP contribution >= 0.6 is 0 Å². The number of ether oxygens (including phenoxy) is 1. The topological polar surface area (TPSA) is 79.5 Å². The molecule has 24 heavy (non-hydrogen) atoms. The van der Waals surface area contributed by atoms with E-state index in [2.05, 4.69) is 29.8 Å². The Morgan fingerprint density at radius 1 is 1.17 bits per heavy atom. The minimum absolute atomic E-state index is 0.102. The Kier molecular flexibility index (Phi) is 6.61. The van der Waals surface area contributed by atoms with Gasteiger partial charge in [-0.05, 0) is 50.4 Å². The van der Waals surface area contributed by atoms with Gasteiger partial charge in [0.05, 0.1) is 0 Å². The number of imide groups is 1. The summed E-state index contributed by atoms with van der Waals surface area (Å²) in [6, 6.07) is 7.23. The van der Waals surface area contributed by atoms with E-state index in [9.17, 15) is 9.59 Å². The van der Waals surface area contributed by atoms with Crippen molar-refractivity contribution in [2.24, 2.45) is 5.92 Å². The standard InChI is InChI=1S/C18H27N3O3/c1-12(2)15-6-4-5-7-16(15)24-13(3)20-18(23)21-17(22)14-8-10-19-11-9-14/h4-7,12-14,19H,8-11H2,1-3H3,(H2,20,21,22,23). The molecule has 1 heterocycles. The van der Waals surface area contributed by atoms with Crippen LogP contribution in [0.2, 0.25) is 0 Å². The molecule has 1 aliphatic heterocycles. The molecule has 6 heteroatoms. The van der Waals surface area contributed by atoms with Gasteiger partial charge in [0.15, 0.2) is 6.23 Å². The fourth-order valence-electron chi connectivity index (χ4n) is 2.80. The smallest absolute Gasteiger partial charge is 0.324 e. The molecule has 2 rings (SSSR count). The van der Waals surface area contributed by atoms with Crippen LogP contribution in [0.4, 0.5) is 4.79 Å². The van der Waals surface area contributed by atoms with Gasteiger partial charge in [-0.1, -0.05) is 32.0 Å². The number of hydrogen-bond acceptors (Lipinski definition) is 4. The molecule has 0 bridgehead atoms. The first-order chi connectivity index (χ1) is 11.5. The molecular weight excluding hydrogens is 306 g/mol. The Bertz CT molecular complexity index is 568. The summed E-state index contributed by atoms with van der Waals surface area (Å²) in [7, 11) is 0. The number of urea groups is 1. The van der Waals surface area contributed by atoms with Crippen molar-refractivity contribution in [1.82, 2.24) is 16.0 Å². The van der Waals surface area contributed by atoms with Gasteiger partial charge in [0, 0.05) is 5.92 Å². The van der Waals surface area contributed by atoms with Crippen LogP contribution < -0.4 is 20.7 Å². The summed E-state index contributed by atoms with van der Waals surface area (Å²) in [4.78, 5) is 24.0. The van der Waals surface area contributed by atoms with E-state index in [1.165, 1.54) is 0 Å². The molecule has 1 fully saturated rings. The highest BCUT2D eigenvalue weighted by molar-refractivity contribution is 5.95. The molecule has 6 nitrogen and oxygen atoms in total. The summed E-state index contributed by atoms with van der Waals surface area (Å²) in [5, 5.41) is 8.26. The van der Waals surface area contributed by atoms with Crippen LogP contribution in [-0.2, 0) is 4.79 Å². The third-order valence-electron chi connectivity index (χ3n) is 4.13. The second kappa shape index (κ2) is 8.68. The highest BCUT2D eigenvalue weighted by Crippen LogP contribution is 2.26. The zero-order chi connectivity index (χ0) is 17.5. The molecule has 1 aromatic rings. The molecule has 1 unspecified atom stereocenters. The molecular formula is C18H27N3O3. The van der Waals surface area contributed by atoms with Crippen LogP contribution in [0, 0.1) is 5.92 Å². The Hall–Kier alpha value is -2.08. The number of piperidine rings is 1. The van der Waals surface area contributed by atoms with Crippen molar-refractivity contribution >= 4 is 11.9 Å². The first-order valence-electron chi connectivity index (χ1n) is 8.55. The number of carbonyl (C=O) groups excluding carboxylic acids is 2. The largest absolute Gasteiger partial charge is 0.471 e. The van der Waals surface area contributed by atoms with E-state index in [1.54, 1.807) is 6.92 Å². The van der Waals surface area contributed by atoms with E-state index >= 15 is 0 Å². The van der Waals surface area contributed by atoms with Crippen LogP contribution in [0.3, 0.4) is 0 Å². The molecule has 1 aromatic carbocycles. The molecule has 132 valence electrons. The van der Waals surface area contributed by atoms with Crippen molar-refractivity contribution in [1.29, 1.82) is 0 Å². The summed E-state index contributed by atoms with van der Waals surface area (Å²) in [6.07, 6.45) is 0.977. The van der Waals surface area contributed by atoms with Gasteiger partial charge in [0.1, 0.15) is 5.75 Å². The molecule has 0 radical (unpaired) electrons. The maximum Gasteiger partial charge on any atom is 0.324 e. The Morgan fingerprint density at radius 3 is 2.50 bits per heavy atom. The first-order valence-corrected chi connectivity index (χ1v) is 8.55. The number of amides is 3. The second-order valence-electron chi connectivity index (χ2n) is 6.44. The van der Waals surface area contributed by atoms with Crippen molar-refractivity contribution in [3.8, 4) is 5.75 Å². The highest BCUT2D eigenvalue weighted by atomic mass is 16.5. The summed E-state index contributed by atoms with van der Waals surface area (Å²) in [6.45, 7) is 7.54. The van der Waals surface area contributed by atoms with Crippen LogP contribution in [0.25, 0.3) is 0 Å². The maximum absolute atomic E-state index is 12.1. The molecule has 0 aromatic heterocycles. The lowest BCUT2D eigenvalue weighted by Gasteiger charge is -2.23. The fraction of sp³-hybridized carbons (Fsp3) is 0.556. The first kappa shape index (κ1) is 18.3. The fourth-order valence-corrected chi connectivity index (χ4v) is 2.80. The van der Waals surface area contributed by atoms with E-state index in [-0.39, 0.29) is 11.8 Å². The summed E-state index contributed by atoms with van der Waals surface area (Å²) >= 11 is 0. The zero-order valence-corrected chi connectivity index (χ0v) is 14.6. The van der Waals surface area contributed by atoms with E-state index in [0.717, 1.165) is 37.2 Å². The average Bonchev–Trinajstić information content (AvgIpc) is 2.55. The summed E-state index contributed by atoms with van der Waals surface area (Å²) < 4.78 is 5.81. The minimum atomic E-state index is -0.536. The van der Waals surface area contributed by atoms with Gasteiger partial charge in [-0.15, -0.1) is 0 Å². The Morgan fingerprint density at radius 2 is 1.83 bits per heavy atom. The van der Waals surface area contributed by atoms with Crippen LogP contribution in [-0.4, -0.2) is 31.3 Å². The quantitative estimate of drug-likeness (QED) is 0.723. The van der Waals surface area contributed by atoms with Crippen LogP contribution in [0.5, 0.6) is 5.75 Å². The van der Waals surface area contributed by atoms with E-state index < -0.39 is 12.3 Å². The molecule has 0 spiro atoms. The van der Waals surface area contributed by atoms with Crippen molar-refractivity contribution in [3.63, 3.8) is 0 Å². The van der Waals surface area contributed by atoms with Crippen LogP contribution in [0.1, 0.15) is 45.1 Å². The molecule has 0 saturated carbocycles. The predicted octanol–water partition coefficient (Wildman–Crippen LogP) is 2.36. The van der Waals surface area contributed by atoms with Crippen molar-refractivity contribution < 1.29 is 14.3 Å². The third kappa shape index (κ3) is 5.23. The van der Waals surface area contributed by atoms with Crippen molar-refractivity contribution in [2.45, 2.75) is 45.8 Å². The Labute approximate surface area is 143 Å². The van der Waals surface area contributed by atoms with Crippen molar-refractivity contribution in [2.75, 3.05) is 13.1 Å². The SMILES string of the molecule is CC(NC(=O)NC(=O)C1CCNCC1)Oc1ccccc1C(C)C. The van der Waals surface area contributed by atoms with Crippen LogP contribution in [0.15, 0.2) is 24.3 Å². The number of para-hydroxylation sites is 1. The number of nitrogens with one attached hydrogen (secondary N) is 3. The molecule has 3 amide bonds. The van der Waals surface area contributed by atoms with E-state index in [0.29, 0.717) is 5.92 Å². The summed E-state index contributed by atoms with van der Waals surface area (Å²) in [5.74, 6) is 0.743. The Balaban J connectivity index is 1.84. The lowest BCUT2D eigenvalue weighted by molar-refractivity contribution is -0.124. The summed E-state index contributed by atoms with van der Waals surface area (Å²) in [5.41, 5.74) is 1.08. The van der Waals surface area contributed by atoms with Crippen molar-refractivity contribution in [3.05, 3.63) is 29.8 Å². The maximum atomic E-state index is 12.1. The number of carbonyl (C=O) groups is 2. The number of hydrogen-bond donors (Lipinski definition) is 3. The molecule has 1 aliphatic rings. The second-order valence-corrected chi connectivity index (χ2v) is 6.44. The molecule has 1 atom stereocenters. The number of benzene rings is 1. The molecule has 0 aliphatic carbocycles. The number of rotatable bonds is 5. The molecule has 1 saturated heterocycles. The van der Waals surface area contributed by atoms with Gasteiger partial charge in [-0.3, -0.25) is 10.1 Å². The van der Waals surface area contributed by atoms with E-state index in [1.807, 2.05) is 24.3 Å². The molecule has 3 N–H and O–H groups in total. The normalized spacial score (nSPS) is 16.5. The third-order valence-corrected chi connectivity index (χ3v) is 4.13. The van der Waals surface area contributed by atoms with Gasteiger partial charge in [0.2, 0.25) is 5.91 Å². The van der Waals surface area contributed by atoms with Gasteiger partial charge >= 0.3 is 6.03 Å². The highest BCUT2D eigenvalue weighted by Gasteiger charge is 2.23. The zero-order valence-electron chi connectivity index (χ0n) is 14.6. The van der Waals surface area contributed by atoms with Gasteiger partial charge < -0.3 is 15.4 Å². The minimum Gasteiger partial charge on any atom is -0.471 e. The van der Waals surface area contributed by atoms with Gasteiger partial charge in [-0.25, -0.2) is 4.79 Å². The van der Waals surface area contributed by atoms with Gasteiger partial charge in [-0.2, -0.15) is 0 Å². The lowest BCUT2D eigenvalue weighted by atomic mass is 9.97. The lowest BCUT2D eigenvalue weighted by Crippen LogP contribution is -2.48. The monoisotopic (exact) mass is 333 g/mol. The predicted molar refractivity (Wildman–Crippen MR) is 92.9 cm³/mol.